The van der Waals surface area contributed by atoms with Gasteiger partial charge in [-0.25, -0.2) is 20.6 Å². The number of alkyl carbamates (subject to hydrolysis) is 1. The number of nitrogens with zero attached hydrogens (tertiary/aromatic N) is 2. The van der Waals surface area contributed by atoms with Gasteiger partial charge in [0.25, 0.3) is 11.8 Å². The quantitative estimate of drug-likeness (QED) is 0.176. The van der Waals surface area contributed by atoms with Crippen molar-refractivity contribution in [3.63, 3.8) is 0 Å². The van der Waals surface area contributed by atoms with E-state index in [0.29, 0.717) is 10.7 Å². The van der Waals surface area contributed by atoms with Gasteiger partial charge in [0.1, 0.15) is 12.6 Å². The third-order valence-corrected chi connectivity index (χ3v) is 6.45. The van der Waals surface area contributed by atoms with Crippen molar-refractivity contribution in [1.29, 1.82) is 0 Å². The van der Waals surface area contributed by atoms with Crippen LogP contribution < -0.4 is 16.9 Å². The first-order valence-electron chi connectivity index (χ1n) is 11.6. The van der Waals surface area contributed by atoms with E-state index in [1.54, 1.807) is 10.9 Å². The molecule has 1 unspecified atom stereocenters. The standard InChI is InChI=1S/C27H27N5O4S/c28-23(14-21-16-37-17-30-21)25(33)32(29)26(34)24(31-27(35)36-15-18-7-2-1-3-8-18)13-20-11-6-10-19-9-4-5-12-22(19)20/h1-12,16-17,23-24H,13-15,28-29H2,(H,31,35)/t23?,24-/m0/s1. The Morgan fingerprint density at radius 3 is 2.43 bits per heavy atom. The number of aromatic nitrogens is 1. The molecular weight excluding hydrogens is 490 g/mol. The molecule has 0 saturated carbocycles. The summed E-state index contributed by atoms with van der Waals surface area (Å²) in [4.78, 5) is 43.0. The molecule has 0 saturated heterocycles. The van der Waals surface area contributed by atoms with Crippen LogP contribution in [0, 0.1) is 0 Å². The van der Waals surface area contributed by atoms with Gasteiger partial charge in [0.15, 0.2) is 0 Å². The van der Waals surface area contributed by atoms with Gasteiger partial charge in [0.2, 0.25) is 0 Å². The first-order valence-corrected chi connectivity index (χ1v) is 12.6. The third kappa shape index (κ3) is 6.76. The summed E-state index contributed by atoms with van der Waals surface area (Å²) in [5, 5.41) is 6.72. The summed E-state index contributed by atoms with van der Waals surface area (Å²) >= 11 is 1.37. The molecule has 0 spiro atoms. The molecule has 0 aliphatic heterocycles. The molecule has 9 nitrogen and oxygen atoms in total. The minimum atomic E-state index is -1.17. The normalized spacial score (nSPS) is 12.5. The minimum absolute atomic E-state index is 0.0195. The first-order chi connectivity index (χ1) is 17.9. The molecule has 0 aliphatic rings. The number of carbonyl (C=O) groups is 3. The monoisotopic (exact) mass is 517 g/mol. The summed E-state index contributed by atoms with van der Waals surface area (Å²) in [5.41, 5.74) is 9.86. The maximum absolute atomic E-state index is 13.4. The number of imide groups is 1. The van der Waals surface area contributed by atoms with Gasteiger partial charge in [-0.1, -0.05) is 72.8 Å². The molecule has 4 aromatic rings. The highest BCUT2D eigenvalue weighted by Gasteiger charge is 2.32. The summed E-state index contributed by atoms with van der Waals surface area (Å²) in [6.07, 6.45) is -0.595. The maximum Gasteiger partial charge on any atom is 0.408 e. The van der Waals surface area contributed by atoms with Crippen molar-refractivity contribution in [3.8, 4) is 0 Å². The number of benzene rings is 3. The Morgan fingerprint density at radius 1 is 0.946 bits per heavy atom. The Kier molecular flexibility index (Phi) is 8.57. The van der Waals surface area contributed by atoms with Crippen molar-refractivity contribution in [2.45, 2.75) is 31.5 Å². The fourth-order valence-corrected chi connectivity index (χ4v) is 4.47. The predicted octanol–water partition coefficient (Wildman–Crippen LogP) is 2.93. The number of nitrogens with one attached hydrogen (secondary N) is 1. The lowest BCUT2D eigenvalue weighted by Crippen LogP contribution is -2.58. The highest BCUT2D eigenvalue weighted by atomic mass is 32.1. The molecular formula is C27H27N5O4S. The molecule has 37 heavy (non-hydrogen) atoms. The lowest BCUT2D eigenvalue weighted by Gasteiger charge is -2.25. The van der Waals surface area contributed by atoms with Crippen LogP contribution in [0.2, 0.25) is 0 Å². The predicted molar refractivity (Wildman–Crippen MR) is 141 cm³/mol. The van der Waals surface area contributed by atoms with Crippen molar-refractivity contribution in [1.82, 2.24) is 15.3 Å². The molecule has 1 aromatic heterocycles. The van der Waals surface area contributed by atoms with Gasteiger partial charge in [-0.15, -0.1) is 11.3 Å². The maximum atomic E-state index is 13.4. The summed E-state index contributed by atoms with van der Waals surface area (Å²) < 4.78 is 5.31. The molecule has 10 heteroatoms. The Bertz CT molecular complexity index is 1360. The van der Waals surface area contributed by atoms with Crippen molar-refractivity contribution < 1.29 is 19.1 Å². The summed E-state index contributed by atoms with van der Waals surface area (Å²) in [6, 6.07) is 20.3. The summed E-state index contributed by atoms with van der Waals surface area (Å²) in [5.74, 6) is 4.36. The zero-order chi connectivity index (χ0) is 26.2. The van der Waals surface area contributed by atoms with Gasteiger partial charge in [-0.3, -0.25) is 9.59 Å². The van der Waals surface area contributed by atoms with Crippen LogP contribution in [0.5, 0.6) is 0 Å². The number of ether oxygens (including phenoxy) is 1. The van der Waals surface area contributed by atoms with E-state index in [1.807, 2.05) is 72.8 Å². The van der Waals surface area contributed by atoms with Crippen LogP contribution >= 0.6 is 11.3 Å². The van der Waals surface area contributed by atoms with E-state index in [4.69, 9.17) is 16.3 Å². The highest BCUT2D eigenvalue weighted by Crippen LogP contribution is 2.20. The van der Waals surface area contributed by atoms with E-state index in [9.17, 15) is 14.4 Å². The molecule has 3 aromatic carbocycles. The Hall–Kier alpha value is -4.12. The van der Waals surface area contributed by atoms with Crippen LogP contribution in [-0.4, -0.2) is 40.0 Å². The topological polar surface area (TPSA) is 141 Å². The van der Waals surface area contributed by atoms with E-state index in [0.717, 1.165) is 21.9 Å². The zero-order valence-corrected chi connectivity index (χ0v) is 20.8. The fourth-order valence-electron chi connectivity index (χ4n) is 3.90. The Morgan fingerprint density at radius 2 is 1.68 bits per heavy atom. The lowest BCUT2D eigenvalue weighted by atomic mass is 9.98. The van der Waals surface area contributed by atoms with Gasteiger partial charge < -0.3 is 15.8 Å². The van der Waals surface area contributed by atoms with Gasteiger partial charge in [0, 0.05) is 18.2 Å². The van der Waals surface area contributed by atoms with Gasteiger partial charge >= 0.3 is 6.09 Å². The average Bonchev–Trinajstić information content (AvgIpc) is 3.44. The number of fused-ring (bicyclic) bond motifs is 1. The Labute approximate surface area is 218 Å². The van der Waals surface area contributed by atoms with Crippen LogP contribution in [0.4, 0.5) is 4.79 Å². The van der Waals surface area contributed by atoms with Crippen LogP contribution in [0.3, 0.4) is 0 Å². The average molecular weight is 518 g/mol. The van der Waals surface area contributed by atoms with E-state index < -0.39 is 30.0 Å². The number of hydrogen-bond acceptors (Lipinski definition) is 8. The second-order valence-corrected chi connectivity index (χ2v) is 9.16. The number of hydrogen-bond donors (Lipinski definition) is 3. The van der Waals surface area contributed by atoms with Crippen molar-refractivity contribution in [2.75, 3.05) is 0 Å². The third-order valence-electron chi connectivity index (χ3n) is 5.81. The number of nitrogens with two attached hydrogens (primary N) is 2. The minimum Gasteiger partial charge on any atom is -0.445 e. The lowest BCUT2D eigenvalue weighted by molar-refractivity contribution is -0.147. The SMILES string of the molecule is NC(Cc1cscn1)C(=O)N(N)C(=O)[C@H](Cc1cccc2ccccc12)NC(=O)OCc1ccccc1. The number of rotatable bonds is 9. The second kappa shape index (κ2) is 12.2. The van der Waals surface area contributed by atoms with Gasteiger partial charge in [-0.05, 0) is 21.9 Å². The molecule has 2 atom stereocenters. The van der Waals surface area contributed by atoms with E-state index in [-0.39, 0.29) is 19.4 Å². The smallest absolute Gasteiger partial charge is 0.408 e. The molecule has 3 amide bonds. The first kappa shape index (κ1) is 26.0. The van der Waals surface area contributed by atoms with Gasteiger partial charge in [0.05, 0.1) is 17.2 Å². The summed E-state index contributed by atoms with van der Waals surface area (Å²) in [7, 11) is 0. The van der Waals surface area contributed by atoms with E-state index in [2.05, 4.69) is 10.3 Å². The second-order valence-electron chi connectivity index (χ2n) is 8.44. The molecule has 190 valence electrons. The largest absolute Gasteiger partial charge is 0.445 e. The Balaban J connectivity index is 1.52. The zero-order valence-electron chi connectivity index (χ0n) is 19.9. The molecule has 0 radical (unpaired) electrons. The fraction of sp³-hybridized carbons (Fsp3) is 0.185. The van der Waals surface area contributed by atoms with Crippen LogP contribution in [0.1, 0.15) is 16.8 Å². The molecule has 0 aliphatic carbocycles. The molecule has 5 N–H and O–H groups in total. The number of carbonyl (C=O) groups excluding carboxylic acids is 3. The molecule has 4 rings (SSSR count). The van der Waals surface area contributed by atoms with E-state index in [1.165, 1.54) is 11.3 Å². The van der Waals surface area contributed by atoms with Crippen molar-refractivity contribution >= 4 is 40.0 Å². The number of amides is 3. The molecule has 0 bridgehead atoms. The highest BCUT2D eigenvalue weighted by molar-refractivity contribution is 7.07. The molecule has 0 fully saturated rings. The van der Waals surface area contributed by atoms with E-state index >= 15 is 0 Å². The van der Waals surface area contributed by atoms with Crippen molar-refractivity contribution in [3.05, 3.63) is 101 Å². The number of hydrazine groups is 1. The molecule has 1 heterocycles. The number of thiazole rings is 1. The van der Waals surface area contributed by atoms with Crippen molar-refractivity contribution in [2.24, 2.45) is 11.6 Å². The van der Waals surface area contributed by atoms with Crippen LogP contribution in [0.25, 0.3) is 10.8 Å². The summed E-state index contributed by atoms with van der Waals surface area (Å²) in [6.45, 7) is 0.0195. The van der Waals surface area contributed by atoms with Crippen LogP contribution in [0.15, 0.2) is 83.7 Å². The van der Waals surface area contributed by atoms with Crippen LogP contribution in [-0.2, 0) is 33.8 Å². The van der Waals surface area contributed by atoms with Gasteiger partial charge in [-0.2, -0.15) is 0 Å².